The molecule has 3 saturated carbocycles. The van der Waals surface area contributed by atoms with Crippen LogP contribution in [0.2, 0.25) is 0 Å². The van der Waals surface area contributed by atoms with Gasteiger partial charge in [0.15, 0.2) is 5.60 Å². The highest BCUT2D eigenvalue weighted by atomic mass is 16.5. The molecule has 0 aromatic rings. The first-order chi connectivity index (χ1) is 19.1. The molecule has 0 heterocycles. The Kier molecular flexibility index (Phi) is 9.35. The third-order valence-electron chi connectivity index (χ3n) is 12.0. The van der Waals surface area contributed by atoms with Crippen molar-refractivity contribution >= 4 is 17.9 Å². The third-order valence-corrected chi connectivity index (χ3v) is 12.0. The van der Waals surface area contributed by atoms with E-state index in [2.05, 4.69) is 40.7 Å². The van der Waals surface area contributed by atoms with Crippen LogP contribution in [-0.4, -0.2) is 56.1 Å². The first-order valence-electron chi connectivity index (χ1n) is 15.9. The van der Waals surface area contributed by atoms with Crippen LogP contribution in [0.25, 0.3) is 0 Å². The predicted molar refractivity (Wildman–Crippen MR) is 154 cm³/mol. The summed E-state index contributed by atoms with van der Waals surface area (Å²) < 4.78 is 6.25. The minimum atomic E-state index is -2.41. The third kappa shape index (κ3) is 5.97. The second kappa shape index (κ2) is 12.0. The summed E-state index contributed by atoms with van der Waals surface area (Å²) in [6.45, 7) is 11.6. The molecule has 3 fully saturated rings. The van der Waals surface area contributed by atoms with E-state index in [-0.39, 0.29) is 17.8 Å². The lowest BCUT2D eigenvalue weighted by molar-refractivity contribution is -0.210. The summed E-state index contributed by atoms with van der Waals surface area (Å²) in [4.78, 5) is 36.0. The normalized spacial score (nSPS) is 37.5. The number of allylic oxidation sites excluding steroid dienone is 1. The van der Waals surface area contributed by atoms with Gasteiger partial charge in [-0.05, 0) is 79.4 Å². The number of ether oxygens (including phenoxy) is 1. The number of aliphatic hydroxyl groups excluding tert-OH is 1. The highest BCUT2D eigenvalue weighted by Crippen LogP contribution is 2.67. The monoisotopic (exact) mass is 576 g/mol. The van der Waals surface area contributed by atoms with Gasteiger partial charge in [-0.1, -0.05) is 65.5 Å². The maximum Gasteiger partial charge on any atom is 0.337 e. The molecule has 4 N–H and O–H groups in total. The second-order valence-corrected chi connectivity index (χ2v) is 14.8. The molecule has 4 aliphatic carbocycles. The van der Waals surface area contributed by atoms with Crippen molar-refractivity contribution in [2.45, 2.75) is 129 Å². The Hall–Kier alpha value is -1.93. The minimum absolute atomic E-state index is 0.156. The summed E-state index contributed by atoms with van der Waals surface area (Å²) in [5.41, 5.74) is -1.70. The lowest BCUT2D eigenvalue weighted by Crippen LogP contribution is -2.59. The van der Waals surface area contributed by atoms with Gasteiger partial charge in [0.25, 0.3) is 0 Å². The first-order valence-corrected chi connectivity index (χ1v) is 15.9. The molecule has 0 aromatic heterocycles. The van der Waals surface area contributed by atoms with E-state index < -0.39 is 54.0 Å². The van der Waals surface area contributed by atoms with Gasteiger partial charge < -0.3 is 25.2 Å². The van der Waals surface area contributed by atoms with Crippen LogP contribution in [0.1, 0.15) is 112 Å². The van der Waals surface area contributed by atoms with Crippen LogP contribution >= 0.6 is 0 Å². The molecule has 1 unspecified atom stereocenters. The highest BCUT2D eigenvalue weighted by molar-refractivity contribution is 5.88. The van der Waals surface area contributed by atoms with Crippen LogP contribution in [0.4, 0.5) is 0 Å². The van der Waals surface area contributed by atoms with E-state index in [4.69, 9.17) is 4.74 Å². The fourth-order valence-electron chi connectivity index (χ4n) is 9.98. The fourth-order valence-corrected chi connectivity index (χ4v) is 9.98. The summed E-state index contributed by atoms with van der Waals surface area (Å²) >= 11 is 0. The van der Waals surface area contributed by atoms with Crippen molar-refractivity contribution in [3.63, 3.8) is 0 Å². The van der Waals surface area contributed by atoms with E-state index in [1.807, 2.05) is 0 Å². The number of aliphatic hydroxyl groups is 1. The van der Waals surface area contributed by atoms with E-state index in [0.29, 0.717) is 30.1 Å². The molecule has 41 heavy (non-hydrogen) atoms. The van der Waals surface area contributed by atoms with Crippen LogP contribution in [0.5, 0.6) is 0 Å². The molecular weight excluding hydrogens is 524 g/mol. The zero-order valence-corrected chi connectivity index (χ0v) is 25.6. The molecule has 8 heteroatoms. The second-order valence-electron chi connectivity index (χ2n) is 14.8. The summed E-state index contributed by atoms with van der Waals surface area (Å²) in [6, 6.07) is 0. The number of carboxylic acid groups (broad SMARTS) is 3. The Morgan fingerprint density at radius 3 is 2.24 bits per heavy atom. The molecule has 4 aliphatic rings. The molecule has 0 saturated heterocycles. The van der Waals surface area contributed by atoms with Crippen molar-refractivity contribution < 1.29 is 39.5 Å². The van der Waals surface area contributed by atoms with Gasteiger partial charge in [0.05, 0.1) is 25.0 Å². The van der Waals surface area contributed by atoms with E-state index in [0.717, 1.165) is 30.8 Å². The Morgan fingerprint density at radius 1 is 1.00 bits per heavy atom. The van der Waals surface area contributed by atoms with Crippen LogP contribution in [0.3, 0.4) is 0 Å². The van der Waals surface area contributed by atoms with Gasteiger partial charge in [-0.15, -0.1) is 0 Å². The van der Waals surface area contributed by atoms with E-state index >= 15 is 0 Å². The van der Waals surface area contributed by atoms with Crippen molar-refractivity contribution in [1.82, 2.24) is 0 Å². The lowest BCUT2D eigenvalue weighted by Gasteiger charge is -2.60. The Balaban J connectivity index is 1.63. The van der Waals surface area contributed by atoms with E-state index in [1.54, 1.807) is 0 Å². The Bertz CT molecular complexity index is 1020. The van der Waals surface area contributed by atoms with Gasteiger partial charge in [-0.3, -0.25) is 9.59 Å². The summed E-state index contributed by atoms with van der Waals surface area (Å²) in [6.07, 6.45) is 8.61. The summed E-state index contributed by atoms with van der Waals surface area (Å²) in [5, 5.41) is 40.1. The predicted octanol–water partition coefficient (Wildman–Crippen LogP) is 6.16. The molecule has 0 aliphatic heterocycles. The van der Waals surface area contributed by atoms with Gasteiger partial charge in [-0.2, -0.15) is 0 Å². The average Bonchev–Trinajstić information content (AvgIpc) is 3.21. The van der Waals surface area contributed by atoms with Crippen LogP contribution in [0.15, 0.2) is 11.6 Å². The van der Waals surface area contributed by atoms with Gasteiger partial charge in [0.1, 0.15) is 0 Å². The molecule has 4 rings (SSSR count). The van der Waals surface area contributed by atoms with Crippen molar-refractivity contribution in [3.05, 3.63) is 11.6 Å². The summed E-state index contributed by atoms with van der Waals surface area (Å²) in [5.74, 6) is -1.22. The maximum absolute atomic E-state index is 12.5. The van der Waals surface area contributed by atoms with Crippen molar-refractivity contribution in [3.8, 4) is 0 Å². The van der Waals surface area contributed by atoms with Crippen LogP contribution in [-0.2, 0) is 19.1 Å². The van der Waals surface area contributed by atoms with Crippen molar-refractivity contribution in [2.75, 3.05) is 0 Å². The van der Waals surface area contributed by atoms with E-state index in [9.17, 15) is 34.8 Å². The number of hydrogen-bond acceptors (Lipinski definition) is 5. The van der Waals surface area contributed by atoms with Crippen molar-refractivity contribution in [2.24, 2.45) is 46.3 Å². The Morgan fingerprint density at radius 2 is 1.66 bits per heavy atom. The SMILES string of the molecule is CC(C)CCC[C@@H](C)[C@H]1CC[C@H]2[C@@H]3CC=C4C[C@@H](O)CC(OC(CC(=O)O)(CC(=O)O)C(=O)O)[C@]4(C)[C@H]3CC[C@]12C. The highest BCUT2D eigenvalue weighted by Gasteiger charge is 2.62. The minimum Gasteiger partial charge on any atom is -0.481 e. The van der Waals surface area contributed by atoms with Crippen LogP contribution in [0, 0.1) is 46.3 Å². The molecule has 0 amide bonds. The molecule has 0 bridgehead atoms. The van der Waals surface area contributed by atoms with Gasteiger partial charge >= 0.3 is 17.9 Å². The standard InChI is InChI=1S/C33H52O8/c1-19(2)7-6-8-20(3)24-11-12-25-23-10-9-21-15-22(34)16-27(32(21,5)26(23)13-14-31(24,25)4)41-33(30(39)40,17-28(35)36)18-29(37)38/h9,19-20,22-27,34H,6-8,10-18H2,1-5H3,(H,35,36)(H,37,38)(H,39,40)/t20-,22-,23+,24-,25+,26+,27?,31-,32+/m1/s1. The molecular formula is C33H52O8. The maximum atomic E-state index is 12.5. The number of aliphatic carboxylic acids is 3. The molecule has 9 atom stereocenters. The fraction of sp³-hybridized carbons (Fsp3) is 0.848. The number of rotatable bonds is 12. The largest absolute Gasteiger partial charge is 0.481 e. The number of hydrogen-bond donors (Lipinski definition) is 4. The first kappa shape index (κ1) is 32.0. The smallest absolute Gasteiger partial charge is 0.337 e. The Labute approximate surface area is 244 Å². The number of carboxylic acids is 3. The molecule has 0 spiro atoms. The average molecular weight is 577 g/mol. The van der Waals surface area contributed by atoms with Gasteiger partial charge in [0.2, 0.25) is 0 Å². The number of carbonyl (C=O) groups is 3. The zero-order valence-electron chi connectivity index (χ0n) is 25.6. The van der Waals surface area contributed by atoms with Gasteiger partial charge in [-0.25, -0.2) is 4.79 Å². The molecule has 232 valence electrons. The molecule has 0 aromatic carbocycles. The molecule has 0 radical (unpaired) electrons. The zero-order chi connectivity index (χ0) is 30.3. The number of fused-ring (bicyclic) bond motifs is 5. The van der Waals surface area contributed by atoms with Crippen LogP contribution < -0.4 is 0 Å². The lowest BCUT2D eigenvalue weighted by atomic mass is 9.46. The van der Waals surface area contributed by atoms with E-state index in [1.165, 1.54) is 32.1 Å². The summed E-state index contributed by atoms with van der Waals surface area (Å²) in [7, 11) is 0. The topological polar surface area (TPSA) is 141 Å². The quantitative estimate of drug-likeness (QED) is 0.203. The molecule has 8 nitrogen and oxygen atoms in total. The van der Waals surface area contributed by atoms with Gasteiger partial charge in [0, 0.05) is 11.8 Å². The van der Waals surface area contributed by atoms with Crippen molar-refractivity contribution in [1.29, 1.82) is 0 Å².